The van der Waals surface area contributed by atoms with Crippen LogP contribution in [0.5, 0.6) is 0 Å². The Morgan fingerprint density at radius 1 is 1.32 bits per heavy atom. The Morgan fingerprint density at radius 3 is 2.82 bits per heavy atom. The van der Waals surface area contributed by atoms with Gasteiger partial charge in [-0.15, -0.1) is 5.10 Å². The van der Waals surface area contributed by atoms with Crippen molar-refractivity contribution in [2.45, 2.75) is 39.7 Å². The van der Waals surface area contributed by atoms with Crippen LogP contribution < -0.4 is 0 Å². The number of nitrogens with zero attached hydrogens (tertiary/aromatic N) is 3. The minimum atomic E-state index is -0.344. The first-order valence-corrected chi connectivity index (χ1v) is 7.53. The second-order valence-corrected chi connectivity index (χ2v) is 4.99. The molecule has 2 aromatic rings. The van der Waals surface area contributed by atoms with Gasteiger partial charge >= 0.3 is 5.97 Å². The zero-order chi connectivity index (χ0) is 15.9. The van der Waals surface area contributed by atoms with Crippen molar-refractivity contribution in [1.82, 2.24) is 15.0 Å². The van der Waals surface area contributed by atoms with Gasteiger partial charge in [-0.05, 0) is 31.0 Å². The van der Waals surface area contributed by atoms with Gasteiger partial charge < -0.3 is 9.84 Å². The summed E-state index contributed by atoms with van der Waals surface area (Å²) in [6, 6.07) is 7.08. The van der Waals surface area contributed by atoms with Gasteiger partial charge in [0.25, 0.3) is 0 Å². The zero-order valence-corrected chi connectivity index (χ0v) is 13.0. The standard InChI is InChI=1S/C16H21N3O3/c1-3-6-15-14(11-20)17-18-19(15)13-8-5-7-12(10-13)16(21)22-9-4-2/h5,7-8,10,20H,3-4,6,9,11H2,1-2H3. The fourth-order valence-corrected chi connectivity index (χ4v) is 2.19. The summed E-state index contributed by atoms with van der Waals surface area (Å²) in [5.41, 5.74) is 2.65. The maximum Gasteiger partial charge on any atom is 0.338 e. The van der Waals surface area contributed by atoms with Crippen LogP contribution in [0.15, 0.2) is 24.3 Å². The Kier molecular flexibility index (Phi) is 5.66. The molecular weight excluding hydrogens is 282 g/mol. The highest BCUT2D eigenvalue weighted by Crippen LogP contribution is 2.17. The summed E-state index contributed by atoms with van der Waals surface area (Å²) < 4.78 is 6.82. The molecule has 1 N–H and O–H groups in total. The van der Waals surface area contributed by atoms with E-state index in [-0.39, 0.29) is 12.6 Å². The number of benzene rings is 1. The van der Waals surface area contributed by atoms with E-state index in [0.717, 1.165) is 30.6 Å². The first kappa shape index (κ1) is 16.2. The smallest absolute Gasteiger partial charge is 0.338 e. The van der Waals surface area contributed by atoms with Gasteiger partial charge in [0.05, 0.1) is 30.2 Å². The second kappa shape index (κ2) is 7.70. The maximum atomic E-state index is 12.0. The molecule has 6 nitrogen and oxygen atoms in total. The lowest BCUT2D eigenvalue weighted by atomic mass is 10.1. The molecule has 0 spiro atoms. The molecule has 0 aliphatic rings. The van der Waals surface area contributed by atoms with Gasteiger partial charge in [0.1, 0.15) is 5.69 Å². The molecule has 0 atom stereocenters. The third-order valence-corrected chi connectivity index (χ3v) is 3.24. The van der Waals surface area contributed by atoms with Crippen molar-refractivity contribution in [3.05, 3.63) is 41.2 Å². The molecule has 0 radical (unpaired) electrons. The number of hydrogen-bond acceptors (Lipinski definition) is 5. The fourth-order valence-electron chi connectivity index (χ4n) is 2.19. The van der Waals surface area contributed by atoms with Gasteiger partial charge in [0, 0.05) is 0 Å². The van der Waals surface area contributed by atoms with Crippen molar-refractivity contribution in [3.8, 4) is 5.69 Å². The molecule has 0 saturated heterocycles. The van der Waals surface area contributed by atoms with E-state index >= 15 is 0 Å². The van der Waals surface area contributed by atoms with Crippen LogP contribution in [0.2, 0.25) is 0 Å². The number of carbonyl (C=O) groups excluding carboxylic acids is 1. The van der Waals surface area contributed by atoms with Crippen LogP contribution in [0.4, 0.5) is 0 Å². The summed E-state index contributed by atoms with van der Waals surface area (Å²) in [5.74, 6) is -0.344. The number of hydrogen-bond donors (Lipinski definition) is 1. The van der Waals surface area contributed by atoms with Crippen LogP contribution in [0.1, 0.15) is 48.4 Å². The van der Waals surface area contributed by atoms with E-state index in [2.05, 4.69) is 17.2 Å². The first-order valence-electron chi connectivity index (χ1n) is 7.53. The molecule has 0 fully saturated rings. The molecule has 0 amide bonds. The van der Waals surface area contributed by atoms with Gasteiger partial charge in [0.15, 0.2) is 0 Å². The number of aliphatic hydroxyl groups excluding tert-OH is 1. The topological polar surface area (TPSA) is 77.2 Å². The van der Waals surface area contributed by atoms with Crippen molar-refractivity contribution < 1.29 is 14.6 Å². The van der Waals surface area contributed by atoms with E-state index in [1.54, 1.807) is 22.9 Å². The van der Waals surface area contributed by atoms with Crippen LogP contribution >= 0.6 is 0 Å². The number of esters is 1. The fraction of sp³-hybridized carbons (Fsp3) is 0.438. The van der Waals surface area contributed by atoms with E-state index in [1.165, 1.54) is 0 Å². The van der Waals surface area contributed by atoms with Gasteiger partial charge in [-0.2, -0.15) is 0 Å². The van der Waals surface area contributed by atoms with Gasteiger partial charge in [-0.25, -0.2) is 9.48 Å². The highest BCUT2D eigenvalue weighted by molar-refractivity contribution is 5.90. The lowest BCUT2D eigenvalue weighted by Crippen LogP contribution is -2.08. The molecule has 1 heterocycles. The molecule has 22 heavy (non-hydrogen) atoms. The zero-order valence-electron chi connectivity index (χ0n) is 13.0. The van der Waals surface area contributed by atoms with E-state index in [0.29, 0.717) is 17.9 Å². The van der Waals surface area contributed by atoms with Crippen LogP contribution in [0.25, 0.3) is 5.69 Å². The summed E-state index contributed by atoms with van der Waals surface area (Å²) in [5, 5.41) is 17.4. The summed E-state index contributed by atoms with van der Waals surface area (Å²) >= 11 is 0. The number of rotatable bonds is 7. The molecule has 0 saturated carbocycles. The lowest BCUT2D eigenvalue weighted by Gasteiger charge is -2.08. The third-order valence-electron chi connectivity index (χ3n) is 3.24. The van der Waals surface area contributed by atoms with Gasteiger partial charge in [0.2, 0.25) is 0 Å². The molecule has 118 valence electrons. The number of aliphatic hydroxyl groups is 1. The summed E-state index contributed by atoms with van der Waals surface area (Å²) in [6.45, 7) is 4.26. The SMILES string of the molecule is CCCOC(=O)c1cccc(-n2nnc(CO)c2CCC)c1. The largest absolute Gasteiger partial charge is 0.462 e. The highest BCUT2D eigenvalue weighted by atomic mass is 16.5. The maximum absolute atomic E-state index is 12.0. The molecular formula is C16H21N3O3. The van der Waals surface area contributed by atoms with E-state index in [9.17, 15) is 9.90 Å². The predicted molar refractivity (Wildman–Crippen MR) is 81.9 cm³/mol. The van der Waals surface area contributed by atoms with Crippen molar-refractivity contribution in [1.29, 1.82) is 0 Å². The summed E-state index contributed by atoms with van der Waals surface area (Å²) in [6.07, 6.45) is 2.46. The van der Waals surface area contributed by atoms with Crippen LogP contribution in [0, 0.1) is 0 Å². The Morgan fingerprint density at radius 2 is 2.14 bits per heavy atom. The van der Waals surface area contributed by atoms with Crippen LogP contribution in [-0.4, -0.2) is 32.7 Å². The average Bonchev–Trinajstić information content (AvgIpc) is 2.96. The molecule has 1 aromatic heterocycles. The van der Waals surface area contributed by atoms with E-state index in [4.69, 9.17) is 4.74 Å². The summed E-state index contributed by atoms with van der Waals surface area (Å²) in [7, 11) is 0. The molecule has 2 rings (SSSR count). The Hall–Kier alpha value is -2.21. The first-order chi connectivity index (χ1) is 10.7. The Bertz CT molecular complexity index is 637. The second-order valence-electron chi connectivity index (χ2n) is 4.99. The third kappa shape index (κ3) is 3.51. The van der Waals surface area contributed by atoms with Crippen molar-refractivity contribution in [2.75, 3.05) is 6.61 Å². The highest BCUT2D eigenvalue weighted by Gasteiger charge is 2.14. The monoisotopic (exact) mass is 303 g/mol. The van der Waals surface area contributed by atoms with Gasteiger partial charge in [-0.1, -0.05) is 31.5 Å². The Balaban J connectivity index is 2.33. The number of aromatic nitrogens is 3. The minimum Gasteiger partial charge on any atom is -0.462 e. The normalized spacial score (nSPS) is 10.7. The lowest BCUT2D eigenvalue weighted by molar-refractivity contribution is 0.0505. The average molecular weight is 303 g/mol. The van der Waals surface area contributed by atoms with E-state index < -0.39 is 0 Å². The quantitative estimate of drug-likeness (QED) is 0.794. The summed E-state index contributed by atoms with van der Waals surface area (Å²) in [4.78, 5) is 12.0. The molecule has 0 aliphatic heterocycles. The van der Waals surface area contributed by atoms with Crippen molar-refractivity contribution in [2.24, 2.45) is 0 Å². The Labute approximate surface area is 129 Å². The minimum absolute atomic E-state index is 0.145. The molecule has 1 aromatic carbocycles. The molecule has 0 unspecified atom stereocenters. The molecule has 6 heteroatoms. The van der Waals surface area contributed by atoms with E-state index in [1.807, 2.05) is 13.0 Å². The van der Waals surface area contributed by atoms with Crippen molar-refractivity contribution in [3.63, 3.8) is 0 Å². The number of ether oxygens (including phenoxy) is 1. The number of carbonyl (C=O) groups is 1. The molecule has 0 aliphatic carbocycles. The molecule has 0 bridgehead atoms. The van der Waals surface area contributed by atoms with Crippen molar-refractivity contribution >= 4 is 5.97 Å². The van der Waals surface area contributed by atoms with Crippen LogP contribution in [-0.2, 0) is 17.8 Å². The van der Waals surface area contributed by atoms with Crippen LogP contribution in [0.3, 0.4) is 0 Å². The predicted octanol–water partition coefficient (Wildman–Crippen LogP) is 2.28. The van der Waals surface area contributed by atoms with Gasteiger partial charge in [-0.3, -0.25) is 0 Å².